The van der Waals surface area contributed by atoms with Crippen molar-refractivity contribution in [3.05, 3.63) is 35.7 Å². The van der Waals surface area contributed by atoms with Crippen LogP contribution in [0.1, 0.15) is 43.6 Å². The summed E-state index contributed by atoms with van der Waals surface area (Å²) in [4.78, 5) is 4.63. The molecule has 21 heavy (non-hydrogen) atoms. The molecule has 2 fully saturated rings. The highest BCUT2D eigenvalue weighted by molar-refractivity contribution is 5.54. The van der Waals surface area contributed by atoms with Gasteiger partial charge in [-0.05, 0) is 43.1 Å². The van der Waals surface area contributed by atoms with Gasteiger partial charge in [0.15, 0.2) is 0 Å². The molecule has 0 radical (unpaired) electrons. The molecule has 0 amide bonds. The molecule has 2 aliphatic carbocycles. The lowest BCUT2D eigenvalue weighted by molar-refractivity contribution is 0.279. The molecule has 4 atom stereocenters. The minimum absolute atomic E-state index is 0.194. The van der Waals surface area contributed by atoms with Crippen LogP contribution in [0.5, 0.6) is 0 Å². The van der Waals surface area contributed by atoms with Crippen molar-refractivity contribution in [2.24, 2.45) is 17.6 Å². The van der Waals surface area contributed by atoms with Crippen LogP contribution in [-0.2, 0) is 6.42 Å². The predicted octanol–water partition coefficient (Wildman–Crippen LogP) is 3.14. The van der Waals surface area contributed by atoms with E-state index in [1.165, 1.54) is 24.8 Å². The lowest BCUT2D eigenvalue weighted by Crippen LogP contribution is -2.34. The first-order chi connectivity index (χ1) is 10.3. The third-order valence-corrected chi connectivity index (χ3v) is 5.33. The number of rotatable bonds is 3. The molecule has 2 aliphatic rings. The third-order valence-electron chi connectivity index (χ3n) is 5.33. The van der Waals surface area contributed by atoms with E-state index in [1.807, 2.05) is 0 Å². The van der Waals surface area contributed by atoms with E-state index in [9.17, 15) is 0 Å². The maximum absolute atomic E-state index is 6.35. The van der Waals surface area contributed by atoms with E-state index in [4.69, 9.17) is 10.3 Å². The first-order valence-corrected chi connectivity index (χ1v) is 7.94. The molecule has 4 rings (SSSR count). The summed E-state index contributed by atoms with van der Waals surface area (Å²) < 4.78 is 5.54. The highest BCUT2D eigenvalue weighted by atomic mass is 16.5. The molecule has 0 aliphatic heterocycles. The second-order valence-electron chi connectivity index (χ2n) is 6.44. The fourth-order valence-electron chi connectivity index (χ4n) is 4.08. The van der Waals surface area contributed by atoms with E-state index in [0.29, 0.717) is 17.7 Å². The minimum atomic E-state index is 0.194. The Kier molecular flexibility index (Phi) is 3.07. The summed E-state index contributed by atoms with van der Waals surface area (Å²) in [5.41, 5.74) is 8.68. The molecule has 4 unspecified atom stereocenters. The highest BCUT2D eigenvalue weighted by Crippen LogP contribution is 2.51. The van der Waals surface area contributed by atoms with Gasteiger partial charge in [-0.3, -0.25) is 0 Å². The zero-order valence-corrected chi connectivity index (χ0v) is 12.3. The third kappa shape index (κ3) is 2.09. The molecule has 2 aromatic rings. The van der Waals surface area contributed by atoms with E-state index in [0.717, 1.165) is 17.9 Å². The van der Waals surface area contributed by atoms with Gasteiger partial charge in [-0.25, -0.2) is 0 Å². The van der Waals surface area contributed by atoms with E-state index < -0.39 is 0 Å². The van der Waals surface area contributed by atoms with Gasteiger partial charge in [-0.1, -0.05) is 36.3 Å². The molecule has 1 aromatic carbocycles. The smallest absolute Gasteiger partial charge is 0.231 e. The molecular formula is C17H21N3O. The van der Waals surface area contributed by atoms with Crippen LogP contribution in [-0.4, -0.2) is 16.2 Å². The van der Waals surface area contributed by atoms with E-state index >= 15 is 0 Å². The number of nitrogens with zero attached hydrogens (tertiary/aromatic N) is 2. The molecule has 2 saturated carbocycles. The number of fused-ring (bicyclic) bond motifs is 2. The summed E-state index contributed by atoms with van der Waals surface area (Å²) in [6, 6.07) is 8.56. The van der Waals surface area contributed by atoms with Crippen molar-refractivity contribution in [1.82, 2.24) is 10.1 Å². The average Bonchev–Trinajstić information content (AvgIpc) is 3.22. The van der Waals surface area contributed by atoms with Gasteiger partial charge in [-0.2, -0.15) is 4.98 Å². The van der Waals surface area contributed by atoms with Crippen molar-refractivity contribution < 1.29 is 4.52 Å². The lowest BCUT2D eigenvalue weighted by Gasteiger charge is -2.24. The van der Waals surface area contributed by atoms with Gasteiger partial charge in [-0.15, -0.1) is 0 Å². The molecular weight excluding hydrogens is 262 g/mol. The van der Waals surface area contributed by atoms with Crippen molar-refractivity contribution in [3.8, 4) is 11.4 Å². The topological polar surface area (TPSA) is 64.9 Å². The van der Waals surface area contributed by atoms with Gasteiger partial charge >= 0.3 is 0 Å². The molecule has 2 N–H and O–H groups in total. The van der Waals surface area contributed by atoms with Gasteiger partial charge in [0, 0.05) is 11.6 Å². The monoisotopic (exact) mass is 283 g/mol. The fourth-order valence-corrected chi connectivity index (χ4v) is 4.08. The maximum Gasteiger partial charge on any atom is 0.231 e. The molecule has 0 saturated heterocycles. The average molecular weight is 283 g/mol. The minimum Gasteiger partial charge on any atom is -0.339 e. The van der Waals surface area contributed by atoms with Crippen LogP contribution in [0.3, 0.4) is 0 Å². The van der Waals surface area contributed by atoms with Crippen molar-refractivity contribution in [2.75, 3.05) is 0 Å². The van der Waals surface area contributed by atoms with Crippen LogP contribution in [0.2, 0.25) is 0 Å². The Morgan fingerprint density at radius 3 is 2.62 bits per heavy atom. The largest absolute Gasteiger partial charge is 0.339 e. The Balaban J connectivity index is 1.60. The highest BCUT2D eigenvalue weighted by Gasteiger charge is 2.48. The second kappa shape index (κ2) is 4.95. The van der Waals surface area contributed by atoms with Gasteiger partial charge in [0.05, 0.1) is 5.92 Å². The summed E-state index contributed by atoms with van der Waals surface area (Å²) in [5, 5.41) is 4.16. The Labute approximate surface area is 124 Å². The van der Waals surface area contributed by atoms with E-state index in [1.54, 1.807) is 0 Å². The first-order valence-electron chi connectivity index (χ1n) is 7.94. The Morgan fingerprint density at radius 1 is 1.19 bits per heavy atom. The summed E-state index contributed by atoms with van der Waals surface area (Å²) in [7, 11) is 0. The summed E-state index contributed by atoms with van der Waals surface area (Å²) >= 11 is 0. The summed E-state index contributed by atoms with van der Waals surface area (Å²) in [6.07, 6.45) is 4.79. The number of hydrogen-bond acceptors (Lipinski definition) is 4. The van der Waals surface area contributed by atoms with Crippen molar-refractivity contribution in [3.63, 3.8) is 0 Å². The predicted molar refractivity (Wildman–Crippen MR) is 80.7 cm³/mol. The Bertz CT molecular complexity index is 632. The van der Waals surface area contributed by atoms with Crippen molar-refractivity contribution >= 4 is 0 Å². The number of hydrogen-bond donors (Lipinski definition) is 1. The zero-order chi connectivity index (χ0) is 14.4. The van der Waals surface area contributed by atoms with Gasteiger partial charge in [0.1, 0.15) is 0 Å². The number of benzene rings is 1. The zero-order valence-electron chi connectivity index (χ0n) is 12.3. The van der Waals surface area contributed by atoms with Gasteiger partial charge in [0.25, 0.3) is 0 Å². The molecule has 4 nitrogen and oxygen atoms in total. The standard InChI is InChI=1S/C17H21N3O/c1-2-10-3-5-11(6-4-10)16-19-17(21-20-16)14-12-7-8-13(9-12)15(14)18/h3-6,12-15H,2,7-9,18H2,1H3. The molecule has 0 spiro atoms. The SMILES string of the molecule is CCc1ccc(-c2noc(C3C4CCC(C4)C3N)n2)cc1. The normalized spacial score (nSPS) is 31.0. The van der Waals surface area contributed by atoms with Crippen LogP contribution in [0.25, 0.3) is 11.4 Å². The Hall–Kier alpha value is -1.68. The fraction of sp³-hybridized carbons (Fsp3) is 0.529. The van der Waals surface area contributed by atoms with Crippen molar-refractivity contribution in [2.45, 2.75) is 44.6 Å². The van der Waals surface area contributed by atoms with Crippen LogP contribution < -0.4 is 5.73 Å². The quantitative estimate of drug-likeness (QED) is 0.939. The van der Waals surface area contributed by atoms with Gasteiger partial charge < -0.3 is 10.3 Å². The van der Waals surface area contributed by atoms with Crippen LogP contribution in [0, 0.1) is 11.8 Å². The lowest BCUT2D eigenvalue weighted by atomic mass is 9.85. The van der Waals surface area contributed by atoms with Crippen LogP contribution in [0.4, 0.5) is 0 Å². The summed E-state index contributed by atoms with van der Waals surface area (Å²) in [5.74, 6) is 2.98. The number of nitrogens with two attached hydrogens (primary N) is 1. The Morgan fingerprint density at radius 2 is 1.95 bits per heavy atom. The molecule has 4 heteroatoms. The van der Waals surface area contributed by atoms with Crippen molar-refractivity contribution in [1.29, 1.82) is 0 Å². The molecule has 1 heterocycles. The van der Waals surface area contributed by atoms with E-state index in [-0.39, 0.29) is 12.0 Å². The molecule has 110 valence electrons. The number of aromatic nitrogens is 2. The first kappa shape index (κ1) is 13.0. The van der Waals surface area contributed by atoms with Gasteiger partial charge in [0.2, 0.25) is 11.7 Å². The van der Waals surface area contributed by atoms with E-state index in [2.05, 4.69) is 41.3 Å². The molecule has 2 bridgehead atoms. The second-order valence-corrected chi connectivity index (χ2v) is 6.44. The number of aryl methyl sites for hydroxylation is 1. The molecule has 1 aromatic heterocycles. The summed E-state index contributed by atoms with van der Waals surface area (Å²) in [6.45, 7) is 2.15. The van der Waals surface area contributed by atoms with Crippen LogP contribution in [0.15, 0.2) is 28.8 Å². The van der Waals surface area contributed by atoms with Crippen LogP contribution >= 0.6 is 0 Å². The maximum atomic E-state index is 6.35.